The van der Waals surface area contributed by atoms with Crippen LogP contribution in [0.3, 0.4) is 0 Å². The maximum Gasteiger partial charge on any atom is 0.334 e. The molecule has 4 fully saturated rings. The highest BCUT2D eigenvalue weighted by molar-refractivity contribution is 5.91. The van der Waals surface area contributed by atoms with Gasteiger partial charge in [0.2, 0.25) is 0 Å². The Kier molecular flexibility index (Phi) is 3.58. The fourth-order valence-electron chi connectivity index (χ4n) is 4.08. The average molecular weight is 334 g/mol. The predicted molar refractivity (Wildman–Crippen MR) is 82.9 cm³/mol. The van der Waals surface area contributed by atoms with E-state index in [1.165, 1.54) is 0 Å². The molecule has 4 rings (SSSR count). The summed E-state index contributed by atoms with van der Waals surface area (Å²) in [5.74, 6) is -0.0537. The summed E-state index contributed by atoms with van der Waals surface area (Å²) < 4.78 is 21.1. The fourth-order valence-corrected chi connectivity index (χ4v) is 4.08. The molecule has 2 aliphatic heterocycles. The van der Waals surface area contributed by atoms with Crippen LogP contribution in [0, 0.1) is 22.7 Å². The van der Waals surface area contributed by atoms with E-state index in [4.69, 9.17) is 18.9 Å². The van der Waals surface area contributed by atoms with Crippen molar-refractivity contribution in [1.29, 1.82) is 0 Å². The van der Waals surface area contributed by atoms with Crippen LogP contribution in [0.1, 0.15) is 12.8 Å². The average Bonchev–Trinajstić information content (AvgIpc) is 3.39. The molecule has 130 valence electrons. The second-order valence-corrected chi connectivity index (χ2v) is 7.37. The lowest BCUT2D eigenvalue weighted by molar-refractivity contribution is -0.148. The van der Waals surface area contributed by atoms with Gasteiger partial charge < -0.3 is 18.9 Å². The Morgan fingerprint density at radius 3 is 1.58 bits per heavy atom. The monoisotopic (exact) mass is 334 g/mol. The van der Waals surface area contributed by atoms with E-state index in [-0.39, 0.29) is 24.0 Å². The van der Waals surface area contributed by atoms with E-state index in [9.17, 15) is 9.59 Å². The second-order valence-electron chi connectivity index (χ2n) is 7.37. The molecule has 0 amide bonds. The summed E-state index contributed by atoms with van der Waals surface area (Å²) >= 11 is 0. The van der Waals surface area contributed by atoms with E-state index in [1.807, 2.05) is 0 Å². The van der Waals surface area contributed by atoms with Gasteiger partial charge in [0.25, 0.3) is 0 Å². The molecule has 4 unspecified atom stereocenters. The van der Waals surface area contributed by atoms with Gasteiger partial charge in [0.15, 0.2) is 0 Å². The van der Waals surface area contributed by atoms with E-state index in [1.54, 1.807) is 0 Å². The van der Waals surface area contributed by atoms with Crippen molar-refractivity contribution in [2.75, 3.05) is 39.6 Å². The van der Waals surface area contributed by atoms with Crippen LogP contribution in [-0.2, 0) is 28.5 Å². The lowest BCUT2D eigenvalue weighted by atomic mass is 9.97. The van der Waals surface area contributed by atoms with Crippen LogP contribution >= 0.6 is 0 Å². The molecule has 0 aromatic heterocycles. The molecule has 2 saturated carbocycles. The van der Waals surface area contributed by atoms with Crippen LogP contribution in [0.25, 0.3) is 0 Å². The summed E-state index contributed by atoms with van der Waals surface area (Å²) in [6, 6.07) is 0. The molecule has 4 aliphatic rings. The first kappa shape index (κ1) is 15.8. The second kappa shape index (κ2) is 5.43. The molecule has 0 aromatic rings. The Balaban J connectivity index is 1.18. The van der Waals surface area contributed by atoms with Crippen LogP contribution in [-0.4, -0.2) is 51.6 Å². The standard InChI is InChI=1S/C18H22O6/c1-11(17-5-13(17)7-21-9-17)15(19)23-3-4-24-16(20)12(2)18-6-14(18)8-22-10-18/h13-14H,1-10H2. The van der Waals surface area contributed by atoms with Gasteiger partial charge in [-0.25, -0.2) is 9.59 Å². The number of ether oxygens (including phenoxy) is 4. The van der Waals surface area contributed by atoms with Crippen LogP contribution in [0.15, 0.2) is 24.3 Å². The molecule has 6 nitrogen and oxygen atoms in total. The summed E-state index contributed by atoms with van der Waals surface area (Å²) in [4.78, 5) is 24.1. The SMILES string of the molecule is C=C(C(=O)OCCOC(=O)C(=C)C12COCC1C2)C12COCC1C2. The third-order valence-electron chi connectivity index (χ3n) is 6.07. The van der Waals surface area contributed by atoms with E-state index < -0.39 is 11.9 Å². The number of rotatable bonds is 7. The Bertz CT molecular complexity index is 571. The minimum atomic E-state index is -0.428. The summed E-state index contributed by atoms with van der Waals surface area (Å²) in [7, 11) is 0. The Labute approximate surface area is 140 Å². The lowest BCUT2D eigenvalue weighted by Crippen LogP contribution is -2.23. The largest absolute Gasteiger partial charge is 0.459 e. The number of carbonyl (C=O) groups is 2. The van der Waals surface area contributed by atoms with Gasteiger partial charge in [0.05, 0.1) is 26.4 Å². The Morgan fingerprint density at radius 1 is 0.875 bits per heavy atom. The van der Waals surface area contributed by atoms with Gasteiger partial charge in [-0.1, -0.05) is 13.2 Å². The van der Waals surface area contributed by atoms with Crippen molar-refractivity contribution in [1.82, 2.24) is 0 Å². The zero-order chi connectivity index (χ0) is 16.9. The highest BCUT2D eigenvalue weighted by Gasteiger charge is 2.62. The van der Waals surface area contributed by atoms with Gasteiger partial charge in [-0.2, -0.15) is 0 Å². The van der Waals surface area contributed by atoms with Crippen LogP contribution < -0.4 is 0 Å². The molecule has 0 N–H and O–H groups in total. The van der Waals surface area contributed by atoms with Crippen molar-refractivity contribution in [3.63, 3.8) is 0 Å². The zero-order valence-electron chi connectivity index (χ0n) is 13.7. The maximum atomic E-state index is 12.1. The van der Waals surface area contributed by atoms with E-state index in [0.29, 0.717) is 49.4 Å². The van der Waals surface area contributed by atoms with Gasteiger partial charge in [0.1, 0.15) is 13.2 Å². The minimum Gasteiger partial charge on any atom is -0.459 e. The molecule has 4 atom stereocenters. The van der Waals surface area contributed by atoms with Gasteiger partial charge in [0, 0.05) is 22.0 Å². The van der Waals surface area contributed by atoms with E-state index >= 15 is 0 Å². The fraction of sp³-hybridized carbons (Fsp3) is 0.667. The van der Waals surface area contributed by atoms with Crippen molar-refractivity contribution in [2.24, 2.45) is 22.7 Å². The summed E-state index contributed by atoms with van der Waals surface area (Å²) in [5.41, 5.74) is 0.544. The molecule has 0 bridgehead atoms. The van der Waals surface area contributed by atoms with E-state index in [2.05, 4.69) is 13.2 Å². The molecule has 6 heteroatoms. The topological polar surface area (TPSA) is 71.1 Å². The van der Waals surface area contributed by atoms with Crippen LogP contribution in [0.5, 0.6) is 0 Å². The third kappa shape index (κ3) is 2.31. The normalized spacial score (nSPS) is 38.0. The first-order valence-corrected chi connectivity index (χ1v) is 8.38. The van der Waals surface area contributed by atoms with Gasteiger partial charge >= 0.3 is 11.9 Å². The molecular formula is C18H22O6. The number of fused-ring (bicyclic) bond motifs is 2. The maximum absolute atomic E-state index is 12.1. The molecule has 2 saturated heterocycles. The zero-order valence-corrected chi connectivity index (χ0v) is 13.7. The van der Waals surface area contributed by atoms with Gasteiger partial charge in [-0.15, -0.1) is 0 Å². The van der Waals surface area contributed by atoms with Gasteiger partial charge in [-0.3, -0.25) is 0 Å². The van der Waals surface area contributed by atoms with Gasteiger partial charge in [-0.05, 0) is 24.7 Å². The van der Waals surface area contributed by atoms with Crippen molar-refractivity contribution >= 4 is 11.9 Å². The first-order valence-electron chi connectivity index (χ1n) is 8.38. The quantitative estimate of drug-likeness (QED) is 0.396. The highest BCUT2D eigenvalue weighted by Crippen LogP contribution is 2.62. The summed E-state index contributed by atoms with van der Waals surface area (Å²) in [5, 5.41) is 0. The van der Waals surface area contributed by atoms with Crippen LogP contribution in [0.4, 0.5) is 0 Å². The number of hydrogen-bond acceptors (Lipinski definition) is 6. The minimum absolute atomic E-state index is 0.0193. The molecule has 0 spiro atoms. The number of hydrogen-bond donors (Lipinski definition) is 0. The summed E-state index contributed by atoms with van der Waals surface area (Å²) in [6.45, 7) is 10.3. The molecule has 0 radical (unpaired) electrons. The smallest absolute Gasteiger partial charge is 0.334 e. The number of esters is 2. The van der Waals surface area contributed by atoms with E-state index in [0.717, 1.165) is 12.8 Å². The van der Waals surface area contributed by atoms with Crippen molar-refractivity contribution in [3.8, 4) is 0 Å². The molecule has 2 aliphatic carbocycles. The lowest BCUT2D eigenvalue weighted by Gasteiger charge is -2.15. The molecule has 2 heterocycles. The third-order valence-corrected chi connectivity index (χ3v) is 6.07. The summed E-state index contributed by atoms with van der Waals surface area (Å²) in [6.07, 6.45) is 1.89. The highest BCUT2D eigenvalue weighted by atomic mass is 16.6. The van der Waals surface area contributed by atoms with Crippen molar-refractivity contribution in [2.45, 2.75) is 12.8 Å². The number of carbonyl (C=O) groups excluding carboxylic acids is 2. The Hall–Kier alpha value is -1.66. The molecule has 24 heavy (non-hydrogen) atoms. The molecular weight excluding hydrogens is 312 g/mol. The molecule has 0 aromatic carbocycles. The Morgan fingerprint density at radius 2 is 1.29 bits per heavy atom. The first-order chi connectivity index (χ1) is 11.5. The van der Waals surface area contributed by atoms with Crippen molar-refractivity contribution < 1.29 is 28.5 Å². The van der Waals surface area contributed by atoms with Crippen molar-refractivity contribution in [3.05, 3.63) is 24.3 Å². The van der Waals surface area contributed by atoms with Crippen LogP contribution in [0.2, 0.25) is 0 Å². The predicted octanol–water partition coefficient (Wildman–Crippen LogP) is 1.26.